The first-order chi connectivity index (χ1) is 9.92. The monoisotopic (exact) mass is 290 g/mol. The van der Waals surface area contributed by atoms with E-state index in [0.29, 0.717) is 31.1 Å². The molecule has 21 heavy (non-hydrogen) atoms. The highest BCUT2D eigenvalue weighted by molar-refractivity contribution is 6.04. The van der Waals surface area contributed by atoms with Crippen molar-refractivity contribution in [3.8, 4) is 5.75 Å². The number of hydrogen-bond donors (Lipinski definition) is 2. The summed E-state index contributed by atoms with van der Waals surface area (Å²) in [4.78, 5) is 35.7. The van der Waals surface area contributed by atoms with Crippen molar-refractivity contribution in [1.29, 1.82) is 0 Å². The molecule has 0 saturated carbocycles. The molecule has 0 aliphatic rings. The number of nitrogens with zero attached hydrogens (tertiary/aromatic N) is 1. The van der Waals surface area contributed by atoms with Crippen LogP contribution in [0, 0.1) is 0 Å². The molecule has 1 aromatic carbocycles. The summed E-state index contributed by atoms with van der Waals surface area (Å²) in [6.07, 6.45) is 1.83. The first-order valence-corrected chi connectivity index (χ1v) is 6.35. The van der Waals surface area contributed by atoms with Crippen LogP contribution in [0.5, 0.6) is 5.75 Å². The number of amides is 1. The van der Waals surface area contributed by atoms with Gasteiger partial charge in [0.05, 0.1) is 11.6 Å². The van der Waals surface area contributed by atoms with E-state index in [0.717, 1.165) is 0 Å². The molecule has 0 saturated heterocycles. The summed E-state index contributed by atoms with van der Waals surface area (Å²) in [5.41, 5.74) is 5.82. The van der Waals surface area contributed by atoms with Crippen LogP contribution < -0.4 is 5.73 Å². The molecule has 3 N–H and O–H groups in total. The van der Waals surface area contributed by atoms with Crippen LogP contribution in [-0.2, 0) is 4.79 Å². The SMILES string of the molecule is C=C(N)CCC(C=O)N(C)C(=O)c1c(O)cccc1C=O. The fourth-order valence-corrected chi connectivity index (χ4v) is 1.90. The van der Waals surface area contributed by atoms with Crippen molar-refractivity contribution in [3.63, 3.8) is 0 Å². The lowest BCUT2D eigenvalue weighted by Gasteiger charge is -2.24. The van der Waals surface area contributed by atoms with E-state index in [1.807, 2.05) is 0 Å². The lowest BCUT2D eigenvalue weighted by Crippen LogP contribution is -2.38. The average Bonchev–Trinajstić information content (AvgIpc) is 2.46. The zero-order valence-electron chi connectivity index (χ0n) is 11.8. The summed E-state index contributed by atoms with van der Waals surface area (Å²) < 4.78 is 0. The van der Waals surface area contributed by atoms with Gasteiger partial charge in [0, 0.05) is 18.3 Å². The number of rotatable bonds is 7. The first-order valence-electron chi connectivity index (χ1n) is 6.35. The highest BCUT2D eigenvalue weighted by atomic mass is 16.3. The number of nitrogens with two attached hydrogens (primary N) is 1. The van der Waals surface area contributed by atoms with Crippen LogP contribution in [0.15, 0.2) is 30.5 Å². The Kier molecular flexibility index (Phi) is 5.66. The molecule has 6 heteroatoms. The Morgan fingerprint density at radius 3 is 2.67 bits per heavy atom. The summed E-state index contributed by atoms with van der Waals surface area (Å²) in [6, 6.07) is 3.49. The Hall–Kier alpha value is -2.63. The largest absolute Gasteiger partial charge is 0.507 e. The van der Waals surface area contributed by atoms with E-state index in [-0.39, 0.29) is 16.9 Å². The summed E-state index contributed by atoms with van der Waals surface area (Å²) in [5.74, 6) is -0.903. The maximum absolute atomic E-state index is 12.4. The Morgan fingerprint density at radius 2 is 2.14 bits per heavy atom. The van der Waals surface area contributed by atoms with Gasteiger partial charge < -0.3 is 20.5 Å². The van der Waals surface area contributed by atoms with Crippen molar-refractivity contribution in [2.24, 2.45) is 5.73 Å². The van der Waals surface area contributed by atoms with Crippen LogP contribution >= 0.6 is 0 Å². The molecule has 0 spiro atoms. The van der Waals surface area contributed by atoms with Crippen molar-refractivity contribution in [3.05, 3.63) is 41.6 Å². The molecule has 1 aromatic rings. The molecule has 0 aliphatic heterocycles. The van der Waals surface area contributed by atoms with Gasteiger partial charge in [-0.15, -0.1) is 0 Å². The van der Waals surface area contributed by atoms with Crippen LogP contribution in [0.2, 0.25) is 0 Å². The molecule has 1 atom stereocenters. The van der Waals surface area contributed by atoms with Gasteiger partial charge >= 0.3 is 0 Å². The molecular weight excluding hydrogens is 272 g/mol. The number of carbonyl (C=O) groups is 3. The third-order valence-electron chi connectivity index (χ3n) is 3.15. The van der Waals surface area contributed by atoms with Gasteiger partial charge in [-0.25, -0.2) is 0 Å². The number of hydrogen-bond acceptors (Lipinski definition) is 5. The van der Waals surface area contributed by atoms with E-state index in [4.69, 9.17) is 5.73 Å². The number of benzene rings is 1. The van der Waals surface area contributed by atoms with Crippen LogP contribution in [-0.4, -0.2) is 41.6 Å². The molecule has 0 heterocycles. The first kappa shape index (κ1) is 16.4. The van der Waals surface area contributed by atoms with E-state index in [9.17, 15) is 19.5 Å². The smallest absolute Gasteiger partial charge is 0.258 e. The molecule has 0 aromatic heterocycles. The molecule has 0 aliphatic carbocycles. The predicted octanol–water partition coefficient (Wildman–Crippen LogP) is 1.10. The van der Waals surface area contributed by atoms with Crippen LogP contribution in [0.1, 0.15) is 33.6 Å². The number of aromatic hydroxyl groups is 1. The number of allylic oxidation sites excluding steroid dienone is 1. The Labute approximate surface area is 122 Å². The molecule has 1 rings (SSSR count). The van der Waals surface area contributed by atoms with Gasteiger partial charge in [0.15, 0.2) is 6.29 Å². The number of phenolic OH excluding ortho intramolecular Hbond substituents is 1. The minimum atomic E-state index is -0.711. The van der Waals surface area contributed by atoms with E-state index >= 15 is 0 Å². The standard InChI is InChI=1S/C15H18N2O4/c1-10(16)6-7-12(9-19)17(2)15(21)14-11(8-18)4-3-5-13(14)20/h3-5,8-9,12,20H,1,6-7,16H2,2H3. The zero-order chi connectivity index (χ0) is 16.0. The third-order valence-corrected chi connectivity index (χ3v) is 3.15. The molecule has 6 nitrogen and oxygen atoms in total. The maximum atomic E-state index is 12.4. The molecule has 0 fully saturated rings. The van der Waals surface area contributed by atoms with Gasteiger partial charge in [-0.1, -0.05) is 18.7 Å². The third kappa shape index (κ3) is 3.92. The van der Waals surface area contributed by atoms with Crippen molar-refractivity contribution in [2.45, 2.75) is 18.9 Å². The van der Waals surface area contributed by atoms with Gasteiger partial charge in [0.2, 0.25) is 0 Å². The topological polar surface area (TPSA) is 101 Å². The van der Waals surface area contributed by atoms with Gasteiger partial charge in [0.1, 0.15) is 12.0 Å². The summed E-state index contributed by atoms with van der Waals surface area (Å²) in [6.45, 7) is 3.54. The number of likely N-dealkylation sites (N-methyl/N-ethyl adjacent to an activating group) is 1. The second-order valence-corrected chi connectivity index (χ2v) is 4.68. The molecule has 1 unspecified atom stereocenters. The Morgan fingerprint density at radius 1 is 1.48 bits per heavy atom. The number of phenols is 1. The molecule has 1 amide bonds. The zero-order valence-corrected chi connectivity index (χ0v) is 11.8. The van der Waals surface area contributed by atoms with Crippen molar-refractivity contribution >= 4 is 18.5 Å². The average molecular weight is 290 g/mol. The van der Waals surface area contributed by atoms with Gasteiger partial charge in [-0.3, -0.25) is 9.59 Å². The highest BCUT2D eigenvalue weighted by Gasteiger charge is 2.24. The second-order valence-electron chi connectivity index (χ2n) is 4.68. The van der Waals surface area contributed by atoms with E-state index in [1.54, 1.807) is 0 Å². The molecule has 112 valence electrons. The van der Waals surface area contributed by atoms with E-state index < -0.39 is 11.9 Å². The van der Waals surface area contributed by atoms with Crippen LogP contribution in [0.25, 0.3) is 0 Å². The van der Waals surface area contributed by atoms with E-state index in [2.05, 4.69) is 6.58 Å². The predicted molar refractivity (Wildman–Crippen MR) is 78.0 cm³/mol. The van der Waals surface area contributed by atoms with Crippen molar-refractivity contribution in [1.82, 2.24) is 4.90 Å². The number of carbonyl (C=O) groups excluding carboxylic acids is 3. The van der Waals surface area contributed by atoms with Crippen molar-refractivity contribution < 1.29 is 19.5 Å². The summed E-state index contributed by atoms with van der Waals surface area (Å²) in [7, 11) is 1.43. The fourth-order valence-electron chi connectivity index (χ4n) is 1.90. The normalized spacial score (nSPS) is 11.5. The summed E-state index contributed by atoms with van der Waals surface area (Å²) >= 11 is 0. The minimum absolute atomic E-state index is 0.0692. The van der Waals surface area contributed by atoms with Gasteiger partial charge in [-0.2, -0.15) is 0 Å². The van der Waals surface area contributed by atoms with E-state index in [1.165, 1.54) is 30.1 Å². The molecule has 0 radical (unpaired) electrons. The lowest BCUT2D eigenvalue weighted by atomic mass is 10.0. The second kappa shape index (κ2) is 7.23. The highest BCUT2D eigenvalue weighted by Crippen LogP contribution is 2.22. The maximum Gasteiger partial charge on any atom is 0.258 e. The fraction of sp³-hybridized carbons (Fsp3) is 0.267. The van der Waals surface area contributed by atoms with Crippen LogP contribution in [0.4, 0.5) is 0 Å². The molecule has 0 bridgehead atoms. The minimum Gasteiger partial charge on any atom is -0.507 e. The van der Waals surface area contributed by atoms with Crippen LogP contribution in [0.3, 0.4) is 0 Å². The Balaban J connectivity index is 3.03. The molecular formula is C15H18N2O4. The van der Waals surface area contributed by atoms with Gasteiger partial charge in [-0.05, 0) is 18.9 Å². The summed E-state index contributed by atoms with van der Waals surface area (Å²) in [5, 5.41) is 9.79. The number of aldehydes is 2. The Bertz CT molecular complexity index is 569. The van der Waals surface area contributed by atoms with Crippen molar-refractivity contribution in [2.75, 3.05) is 7.05 Å². The van der Waals surface area contributed by atoms with Gasteiger partial charge in [0.25, 0.3) is 5.91 Å². The quantitative estimate of drug-likeness (QED) is 0.732. The lowest BCUT2D eigenvalue weighted by molar-refractivity contribution is -0.111.